The Labute approximate surface area is 110 Å². The van der Waals surface area contributed by atoms with Crippen LogP contribution < -0.4 is 0 Å². The van der Waals surface area contributed by atoms with E-state index in [2.05, 4.69) is 11.9 Å². The van der Waals surface area contributed by atoms with Gasteiger partial charge in [-0.05, 0) is 18.6 Å². The third-order valence-corrected chi connectivity index (χ3v) is 2.97. The third kappa shape index (κ3) is 2.24. The van der Waals surface area contributed by atoms with Crippen LogP contribution in [0.1, 0.15) is 29.5 Å². The number of hydrogen-bond donors (Lipinski definition) is 1. The number of aromatic carboxylic acids is 1. The molecule has 0 spiro atoms. The minimum Gasteiger partial charge on any atom is -0.478 e. The second-order valence-corrected chi connectivity index (χ2v) is 4.31. The van der Waals surface area contributed by atoms with Crippen LogP contribution in [0.15, 0.2) is 30.6 Å². The molecular weight excluding hydrogens is 252 g/mol. The van der Waals surface area contributed by atoms with Gasteiger partial charge in [0.05, 0.1) is 10.7 Å². The molecule has 1 aromatic heterocycles. The minimum absolute atomic E-state index is 0.106. The lowest BCUT2D eigenvalue weighted by molar-refractivity contribution is 0.0697. The van der Waals surface area contributed by atoms with Crippen molar-refractivity contribution in [1.82, 2.24) is 9.55 Å². The van der Waals surface area contributed by atoms with Gasteiger partial charge in [0.15, 0.2) is 0 Å². The molecule has 0 atom stereocenters. The van der Waals surface area contributed by atoms with Crippen LogP contribution in [0, 0.1) is 0 Å². The number of nitrogens with zero attached hydrogens (tertiary/aromatic N) is 2. The molecule has 0 radical (unpaired) electrons. The topological polar surface area (TPSA) is 55.1 Å². The summed E-state index contributed by atoms with van der Waals surface area (Å²) in [7, 11) is 0. The number of imidazole rings is 1. The molecule has 0 saturated carbocycles. The van der Waals surface area contributed by atoms with E-state index in [-0.39, 0.29) is 10.6 Å². The van der Waals surface area contributed by atoms with Crippen molar-refractivity contribution in [2.45, 2.75) is 19.8 Å². The van der Waals surface area contributed by atoms with Crippen LogP contribution in [-0.2, 0) is 6.42 Å². The van der Waals surface area contributed by atoms with Gasteiger partial charge in [-0.1, -0.05) is 24.6 Å². The fourth-order valence-corrected chi connectivity index (χ4v) is 2.14. The molecule has 0 aliphatic rings. The highest BCUT2D eigenvalue weighted by atomic mass is 35.5. The summed E-state index contributed by atoms with van der Waals surface area (Å²) >= 11 is 5.96. The first-order valence-electron chi connectivity index (χ1n) is 5.69. The van der Waals surface area contributed by atoms with Crippen LogP contribution in [0.4, 0.5) is 0 Å². The average Bonchev–Trinajstić information content (AvgIpc) is 2.76. The second kappa shape index (κ2) is 5.23. The van der Waals surface area contributed by atoms with Gasteiger partial charge in [-0.25, -0.2) is 9.78 Å². The van der Waals surface area contributed by atoms with Crippen LogP contribution in [-0.4, -0.2) is 20.6 Å². The van der Waals surface area contributed by atoms with Crippen LogP contribution >= 0.6 is 11.6 Å². The van der Waals surface area contributed by atoms with E-state index in [0.29, 0.717) is 5.69 Å². The quantitative estimate of drug-likeness (QED) is 0.923. The molecule has 94 valence electrons. The maximum atomic E-state index is 11.3. The normalized spacial score (nSPS) is 10.6. The fraction of sp³-hybridized carbons (Fsp3) is 0.231. The zero-order valence-electron chi connectivity index (χ0n) is 9.93. The maximum Gasteiger partial charge on any atom is 0.339 e. The number of aromatic nitrogens is 2. The highest BCUT2D eigenvalue weighted by Gasteiger charge is 2.17. The largest absolute Gasteiger partial charge is 0.478 e. The van der Waals surface area contributed by atoms with Crippen molar-refractivity contribution in [3.8, 4) is 5.69 Å². The smallest absolute Gasteiger partial charge is 0.339 e. The lowest BCUT2D eigenvalue weighted by atomic mass is 10.1. The van der Waals surface area contributed by atoms with Crippen LogP contribution in [0.3, 0.4) is 0 Å². The van der Waals surface area contributed by atoms with Crippen molar-refractivity contribution in [2.75, 3.05) is 0 Å². The van der Waals surface area contributed by atoms with Crippen molar-refractivity contribution in [3.63, 3.8) is 0 Å². The summed E-state index contributed by atoms with van der Waals surface area (Å²) in [6.07, 6.45) is 5.15. The number of carboxylic acids is 1. The molecule has 0 aliphatic heterocycles. The SMILES string of the molecule is CCCc1nccn1-c1cccc(Cl)c1C(=O)O. The van der Waals surface area contributed by atoms with E-state index in [0.717, 1.165) is 18.7 Å². The molecule has 1 N–H and O–H groups in total. The molecule has 2 rings (SSSR count). The van der Waals surface area contributed by atoms with Crippen LogP contribution in [0.25, 0.3) is 5.69 Å². The Hall–Kier alpha value is -1.81. The number of hydrogen-bond acceptors (Lipinski definition) is 2. The van der Waals surface area contributed by atoms with E-state index in [1.165, 1.54) is 0 Å². The van der Waals surface area contributed by atoms with Crippen molar-refractivity contribution in [1.29, 1.82) is 0 Å². The molecular formula is C13H13ClN2O2. The van der Waals surface area contributed by atoms with Gasteiger partial charge in [-0.3, -0.25) is 0 Å². The number of halogens is 1. The van der Waals surface area contributed by atoms with Crippen molar-refractivity contribution < 1.29 is 9.90 Å². The monoisotopic (exact) mass is 264 g/mol. The first-order chi connectivity index (χ1) is 8.65. The highest BCUT2D eigenvalue weighted by Crippen LogP contribution is 2.24. The molecule has 1 aromatic carbocycles. The van der Waals surface area contributed by atoms with Gasteiger partial charge in [0.2, 0.25) is 0 Å². The molecule has 0 fully saturated rings. The van der Waals surface area contributed by atoms with Gasteiger partial charge in [0.1, 0.15) is 11.4 Å². The van der Waals surface area contributed by atoms with Gasteiger partial charge in [0.25, 0.3) is 0 Å². The molecule has 0 amide bonds. The molecule has 0 unspecified atom stereocenters. The van der Waals surface area contributed by atoms with Crippen LogP contribution in [0.5, 0.6) is 0 Å². The Morgan fingerprint density at radius 1 is 1.50 bits per heavy atom. The molecule has 0 saturated heterocycles. The zero-order chi connectivity index (χ0) is 13.1. The van der Waals surface area contributed by atoms with Gasteiger partial charge >= 0.3 is 5.97 Å². The van der Waals surface area contributed by atoms with Gasteiger partial charge in [-0.15, -0.1) is 0 Å². The Morgan fingerprint density at radius 2 is 2.28 bits per heavy atom. The number of benzene rings is 1. The summed E-state index contributed by atoms with van der Waals surface area (Å²) in [5.41, 5.74) is 0.658. The average molecular weight is 265 g/mol. The first-order valence-corrected chi connectivity index (χ1v) is 6.07. The predicted molar refractivity (Wildman–Crippen MR) is 69.5 cm³/mol. The van der Waals surface area contributed by atoms with Crippen LogP contribution in [0.2, 0.25) is 5.02 Å². The number of aryl methyl sites for hydroxylation is 1. The van der Waals surface area contributed by atoms with Crippen molar-refractivity contribution >= 4 is 17.6 Å². The predicted octanol–water partition coefficient (Wildman–Crippen LogP) is 3.18. The second-order valence-electron chi connectivity index (χ2n) is 3.90. The Balaban J connectivity index is 2.60. The van der Waals surface area contributed by atoms with E-state index in [9.17, 15) is 9.90 Å². The summed E-state index contributed by atoms with van der Waals surface area (Å²) < 4.78 is 1.78. The Kier molecular flexibility index (Phi) is 3.67. The summed E-state index contributed by atoms with van der Waals surface area (Å²) in [6.45, 7) is 2.05. The minimum atomic E-state index is -1.04. The van der Waals surface area contributed by atoms with Gasteiger partial charge < -0.3 is 9.67 Å². The molecule has 18 heavy (non-hydrogen) atoms. The molecule has 4 nitrogen and oxygen atoms in total. The van der Waals surface area contributed by atoms with Gasteiger partial charge in [-0.2, -0.15) is 0 Å². The number of carbonyl (C=O) groups is 1. The van der Waals surface area contributed by atoms with E-state index in [1.807, 2.05) is 0 Å². The maximum absolute atomic E-state index is 11.3. The van der Waals surface area contributed by atoms with E-state index in [1.54, 1.807) is 35.2 Å². The summed E-state index contributed by atoms with van der Waals surface area (Å²) in [4.78, 5) is 15.5. The lowest BCUT2D eigenvalue weighted by Gasteiger charge is -2.11. The molecule has 0 aliphatic carbocycles. The zero-order valence-corrected chi connectivity index (χ0v) is 10.7. The lowest BCUT2D eigenvalue weighted by Crippen LogP contribution is -2.08. The highest BCUT2D eigenvalue weighted by molar-refractivity contribution is 6.34. The number of carboxylic acid groups (broad SMARTS) is 1. The standard InChI is InChI=1S/C13H13ClN2O2/c1-2-4-11-15-7-8-16(11)10-6-3-5-9(14)12(10)13(17)18/h3,5-8H,2,4H2,1H3,(H,17,18). The van der Waals surface area contributed by atoms with Gasteiger partial charge in [0, 0.05) is 18.8 Å². The summed E-state index contributed by atoms with van der Waals surface area (Å²) in [6, 6.07) is 5.04. The fourth-order valence-electron chi connectivity index (χ4n) is 1.89. The number of rotatable bonds is 4. The molecule has 5 heteroatoms. The van der Waals surface area contributed by atoms with E-state index >= 15 is 0 Å². The van der Waals surface area contributed by atoms with Crippen molar-refractivity contribution in [3.05, 3.63) is 47.0 Å². The molecule has 0 bridgehead atoms. The van der Waals surface area contributed by atoms with E-state index < -0.39 is 5.97 Å². The third-order valence-electron chi connectivity index (χ3n) is 2.66. The summed E-state index contributed by atoms with van der Waals surface area (Å²) in [5, 5.41) is 9.48. The molecule has 2 aromatic rings. The molecule has 1 heterocycles. The first kappa shape index (κ1) is 12.6. The summed E-state index contributed by atoms with van der Waals surface area (Å²) in [5.74, 6) is -0.200. The van der Waals surface area contributed by atoms with Crippen molar-refractivity contribution in [2.24, 2.45) is 0 Å². The Morgan fingerprint density at radius 3 is 2.94 bits per heavy atom. The Bertz CT molecular complexity index is 578. The van der Waals surface area contributed by atoms with E-state index in [4.69, 9.17) is 11.6 Å².